The van der Waals surface area contributed by atoms with Crippen molar-refractivity contribution >= 4 is 15.9 Å². The minimum absolute atomic E-state index is 0.210. The molecule has 0 aliphatic heterocycles. The molecular formula is C18H13BrFN5O2. The molecule has 0 fully saturated rings. The van der Waals surface area contributed by atoms with E-state index in [1.807, 2.05) is 24.3 Å². The first-order valence-corrected chi connectivity index (χ1v) is 8.72. The van der Waals surface area contributed by atoms with Crippen LogP contribution in [-0.2, 0) is 0 Å². The van der Waals surface area contributed by atoms with E-state index >= 15 is 0 Å². The minimum Gasteiger partial charge on any atom is -0.497 e. The fraction of sp³-hybridized carbons (Fsp3) is 0.111. The van der Waals surface area contributed by atoms with Crippen molar-refractivity contribution in [2.75, 3.05) is 7.11 Å². The van der Waals surface area contributed by atoms with Crippen molar-refractivity contribution in [3.8, 4) is 34.4 Å². The number of benzene rings is 2. The molecule has 9 heteroatoms. The normalized spacial score (nSPS) is 11.0. The van der Waals surface area contributed by atoms with Gasteiger partial charge in [0.05, 0.1) is 12.8 Å². The zero-order chi connectivity index (χ0) is 19.0. The molecule has 7 nitrogen and oxygen atoms in total. The summed E-state index contributed by atoms with van der Waals surface area (Å²) in [5.74, 6) is 0.935. The van der Waals surface area contributed by atoms with Crippen molar-refractivity contribution in [3.63, 3.8) is 0 Å². The van der Waals surface area contributed by atoms with Gasteiger partial charge in [-0.1, -0.05) is 26.3 Å². The summed E-state index contributed by atoms with van der Waals surface area (Å²) in [5, 5.41) is 12.1. The lowest BCUT2D eigenvalue weighted by Gasteiger charge is -2.04. The van der Waals surface area contributed by atoms with Gasteiger partial charge in [0, 0.05) is 10.0 Å². The van der Waals surface area contributed by atoms with Crippen LogP contribution < -0.4 is 4.74 Å². The Kier molecular flexibility index (Phi) is 4.44. The molecule has 2 aromatic heterocycles. The number of methoxy groups -OCH3 is 1. The van der Waals surface area contributed by atoms with E-state index in [2.05, 4.69) is 36.4 Å². The van der Waals surface area contributed by atoms with Crippen molar-refractivity contribution in [2.24, 2.45) is 0 Å². The molecule has 0 atom stereocenters. The summed E-state index contributed by atoms with van der Waals surface area (Å²) in [6, 6.07) is 12.0. The maximum Gasteiger partial charge on any atom is 0.280 e. The lowest BCUT2D eigenvalue weighted by atomic mass is 10.2. The van der Waals surface area contributed by atoms with Crippen LogP contribution >= 0.6 is 15.9 Å². The molecule has 0 aliphatic rings. The minimum atomic E-state index is -0.423. The van der Waals surface area contributed by atoms with E-state index in [1.54, 1.807) is 26.2 Å². The second-order valence-electron chi connectivity index (χ2n) is 5.68. The van der Waals surface area contributed by atoms with Gasteiger partial charge in [-0.2, -0.15) is 4.98 Å². The van der Waals surface area contributed by atoms with Crippen LogP contribution in [-0.4, -0.2) is 32.2 Å². The average molecular weight is 430 g/mol. The van der Waals surface area contributed by atoms with E-state index in [1.165, 1.54) is 10.7 Å². The van der Waals surface area contributed by atoms with Gasteiger partial charge in [-0.05, 0) is 49.4 Å². The van der Waals surface area contributed by atoms with Gasteiger partial charge in [0.2, 0.25) is 5.82 Å². The molecule has 0 bridgehead atoms. The number of nitrogens with zero attached hydrogens (tertiary/aromatic N) is 5. The Hall–Kier alpha value is -3.07. The Morgan fingerprint density at radius 3 is 2.63 bits per heavy atom. The zero-order valence-electron chi connectivity index (χ0n) is 14.3. The summed E-state index contributed by atoms with van der Waals surface area (Å²) in [4.78, 5) is 4.37. The van der Waals surface area contributed by atoms with E-state index in [-0.39, 0.29) is 11.6 Å². The maximum atomic E-state index is 14.2. The number of hydrogen-bond acceptors (Lipinski definition) is 6. The van der Waals surface area contributed by atoms with Crippen molar-refractivity contribution in [1.82, 2.24) is 25.1 Å². The number of rotatable bonds is 4. The summed E-state index contributed by atoms with van der Waals surface area (Å²) in [5.41, 5.74) is 2.03. The SMILES string of the molecule is COc1ccc(-c2noc(-c3nnn(-c4ccc(Br)cc4F)c3C)n2)cc1. The second kappa shape index (κ2) is 6.92. The molecule has 0 unspecified atom stereocenters. The first-order valence-electron chi connectivity index (χ1n) is 7.93. The molecule has 2 aromatic carbocycles. The van der Waals surface area contributed by atoms with Crippen molar-refractivity contribution in [3.05, 3.63) is 58.4 Å². The van der Waals surface area contributed by atoms with Crippen LogP contribution in [0.3, 0.4) is 0 Å². The average Bonchev–Trinajstić information content (AvgIpc) is 3.29. The predicted molar refractivity (Wildman–Crippen MR) is 99.0 cm³/mol. The summed E-state index contributed by atoms with van der Waals surface area (Å²) in [6.07, 6.45) is 0. The van der Waals surface area contributed by atoms with Crippen LogP contribution in [0.4, 0.5) is 4.39 Å². The third kappa shape index (κ3) is 3.21. The molecule has 2 heterocycles. The zero-order valence-corrected chi connectivity index (χ0v) is 15.9. The first-order chi connectivity index (χ1) is 13.1. The topological polar surface area (TPSA) is 78.9 Å². The lowest BCUT2D eigenvalue weighted by Crippen LogP contribution is -2.02. The first kappa shape index (κ1) is 17.3. The van der Waals surface area contributed by atoms with Crippen LogP contribution in [0.15, 0.2) is 51.5 Å². The third-order valence-corrected chi connectivity index (χ3v) is 4.50. The molecule has 4 rings (SSSR count). The van der Waals surface area contributed by atoms with Crippen molar-refractivity contribution in [1.29, 1.82) is 0 Å². The highest BCUT2D eigenvalue weighted by Gasteiger charge is 2.20. The molecule has 27 heavy (non-hydrogen) atoms. The molecule has 0 radical (unpaired) electrons. The van der Waals surface area contributed by atoms with Crippen LogP contribution in [0.1, 0.15) is 5.69 Å². The molecule has 136 valence electrons. The predicted octanol–water partition coefficient (Wildman–Crippen LogP) is 4.20. The molecule has 0 aliphatic carbocycles. The maximum absolute atomic E-state index is 14.2. The second-order valence-corrected chi connectivity index (χ2v) is 6.60. The van der Waals surface area contributed by atoms with Crippen molar-refractivity contribution < 1.29 is 13.7 Å². The third-order valence-electron chi connectivity index (χ3n) is 4.01. The summed E-state index contributed by atoms with van der Waals surface area (Å²) in [6.45, 7) is 1.76. The van der Waals surface area contributed by atoms with Gasteiger partial charge >= 0.3 is 0 Å². The van der Waals surface area contributed by atoms with Crippen LogP contribution in [0.2, 0.25) is 0 Å². The van der Waals surface area contributed by atoms with Gasteiger partial charge in [0.25, 0.3) is 5.89 Å². The summed E-state index contributed by atoms with van der Waals surface area (Å²) < 4.78 is 26.7. The van der Waals surface area contributed by atoms with E-state index in [4.69, 9.17) is 9.26 Å². The van der Waals surface area contributed by atoms with Crippen LogP contribution in [0.25, 0.3) is 28.7 Å². The quantitative estimate of drug-likeness (QED) is 0.483. The van der Waals surface area contributed by atoms with E-state index in [9.17, 15) is 4.39 Å². The number of aromatic nitrogens is 5. The lowest BCUT2D eigenvalue weighted by molar-refractivity contribution is 0.414. The smallest absolute Gasteiger partial charge is 0.280 e. The Bertz CT molecular complexity index is 1110. The number of hydrogen-bond donors (Lipinski definition) is 0. The summed E-state index contributed by atoms with van der Waals surface area (Å²) >= 11 is 3.24. The molecule has 0 saturated carbocycles. The van der Waals surface area contributed by atoms with E-state index in [0.717, 1.165) is 11.3 Å². The molecule has 0 spiro atoms. The Balaban J connectivity index is 1.69. The molecule has 4 aromatic rings. The standard InChI is InChI=1S/C18H13BrFN5O2/c1-10-16(22-24-25(10)15-8-5-12(19)9-14(15)20)18-21-17(23-27-18)11-3-6-13(26-2)7-4-11/h3-9H,1-2H3. The Morgan fingerprint density at radius 1 is 1.15 bits per heavy atom. The van der Waals surface area contributed by atoms with Gasteiger partial charge < -0.3 is 9.26 Å². The summed E-state index contributed by atoms with van der Waals surface area (Å²) in [7, 11) is 1.60. The largest absolute Gasteiger partial charge is 0.497 e. The molecular weight excluding hydrogens is 417 g/mol. The van der Waals surface area contributed by atoms with Crippen molar-refractivity contribution in [2.45, 2.75) is 6.92 Å². The van der Waals surface area contributed by atoms with Gasteiger partial charge in [-0.15, -0.1) is 5.10 Å². The van der Waals surface area contributed by atoms with Gasteiger partial charge in [0.1, 0.15) is 17.3 Å². The van der Waals surface area contributed by atoms with E-state index in [0.29, 0.717) is 21.7 Å². The molecule has 0 saturated heterocycles. The molecule has 0 N–H and O–H groups in total. The number of halogens is 2. The highest BCUT2D eigenvalue weighted by Crippen LogP contribution is 2.26. The fourth-order valence-corrected chi connectivity index (χ4v) is 2.92. The van der Waals surface area contributed by atoms with Crippen LogP contribution in [0.5, 0.6) is 5.75 Å². The Morgan fingerprint density at radius 2 is 1.93 bits per heavy atom. The van der Waals surface area contributed by atoms with E-state index < -0.39 is 5.82 Å². The molecule has 0 amide bonds. The van der Waals surface area contributed by atoms with Gasteiger partial charge in [0.15, 0.2) is 5.69 Å². The Labute approximate surface area is 161 Å². The highest BCUT2D eigenvalue weighted by molar-refractivity contribution is 9.10. The van der Waals surface area contributed by atoms with Crippen LogP contribution in [0, 0.1) is 12.7 Å². The highest BCUT2D eigenvalue weighted by atomic mass is 79.9. The van der Waals surface area contributed by atoms with Gasteiger partial charge in [-0.3, -0.25) is 0 Å². The van der Waals surface area contributed by atoms with Gasteiger partial charge in [-0.25, -0.2) is 9.07 Å². The fourth-order valence-electron chi connectivity index (χ4n) is 2.59. The monoisotopic (exact) mass is 429 g/mol. The number of ether oxygens (including phenoxy) is 1.